The highest BCUT2D eigenvalue weighted by molar-refractivity contribution is 6.37. The van der Waals surface area contributed by atoms with Gasteiger partial charge in [0.15, 0.2) is 40.8 Å². The molecule has 16 nitrogen and oxygen atoms in total. The topological polar surface area (TPSA) is 164 Å². The van der Waals surface area contributed by atoms with E-state index in [1.165, 1.54) is 0 Å². The molecule has 0 saturated carbocycles. The van der Waals surface area contributed by atoms with Crippen molar-refractivity contribution in [1.82, 2.24) is 5.06 Å². The summed E-state index contributed by atoms with van der Waals surface area (Å²) in [5.74, 6) is 3.88. The second kappa shape index (κ2) is 25.0. The largest absolute Gasteiger partial charge is 0.492 e. The van der Waals surface area contributed by atoms with Crippen molar-refractivity contribution in [2.24, 2.45) is 34.9 Å². The number of aliphatic imine (C=N–C) groups is 7. The predicted molar refractivity (Wildman–Crippen MR) is 352 cm³/mol. The molecule has 13 rings (SSSR count). The van der Waals surface area contributed by atoms with Crippen molar-refractivity contribution in [2.75, 3.05) is 52.9 Å². The number of nitrogens with zero attached hydrogens (tertiary/aromatic N) is 8. The minimum absolute atomic E-state index is 0.232. The number of hydrogen-bond acceptors (Lipinski definition) is 16. The van der Waals surface area contributed by atoms with Crippen molar-refractivity contribution in [1.29, 1.82) is 0 Å². The van der Waals surface area contributed by atoms with Gasteiger partial charge in [0, 0.05) is 43.4 Å². The van der Waals surface area contributed by atoms with Crippen LogP contribution in [0.5, 0.6) is 34.5 Å². The van der Waals surface area contributed by atoms with Gasteiger partial charge in [-0.2, -0.15) is 5.06 Å². The van der Waals surface area contributed by atoms with Gasteiger partial charge in [-0.1, -0.05) is 152 Å². The van der Waals surface area contributed by atoms with E-state index in [1.807, 2.05) is 48.5 Å². The first-order valence-electron chi connectivity index (χ1n) is 31.6. The lowest BCUT2D eigenvalue weighted by Crippen LogP contribution is -2.38. The molecule has 8 aromatic rings. The molecular formula is C72H74N8O8. The zero-order valence-electron chi connectivity index (χ0n) is 51.5. The molecule has 5 heterocycles. The third kappa shape index (κ3) is 9.90. The maximum absolute atomic E-state index is 7.36. The van der Waals surface area contributed by atoms with E-state index in [-0.39, 0.29) is 30.7 Å². The van der Waals surface area contributed by atoms with Gasteiger partial charge in [-0.15, -0.1) is 0 Å². The third-order valence-electron chi connectivity index (χ3n) is 15.8. The van der Waals surface area contributed by atoms with Gasteiger partial charge in [0.2, 0.25) is 0 Å². The number of hydrogen-bond donors (Lipinski definition) is 0. The van der Waals surface area contributed by atoms with Crippen LogP contribution in [0.15, 0.2) is 144 Å². The zero-order chi connectivity index (χ0) is 60.5. The first-order valence-corrected chi connectivity index (χ1v) is 31.6. The van der Waals surface area contributed by atoms with Gasteiger partial charge in [-0.3, -0.25) is 4.84 Å². The highest BCUT2D eigenvalue weighted by atomic mass is 16.7. The smallest absolute Gasteiger partial charge is 0.293 e. The van der Waals surface area contributed by atoms with E-state index < -0.39 is 5.85 Å². The summed E-state index contributed by atoms with van der Waals surface area (Å²) in [6.07, 6.45) is 5.66. The van der Waals surface area contributed by atoms with Crippen molar-refractivity contribution < 1.29 is 38.0 Å². The Labute approximate surface area is 513 Å². The van der Waals surface area contributed by atoms with Gasteiger partial charge in [0.1, 0.15) is 34.5 Å². The predicted octanol–water partition coefficient (Wildman–Crippen LogP) is 15.6. The number of hydroxylamine groups is 2. The van der Waals surface area contributed by atoms with Crippen molar-refractivity contribution in [3.05, 3.63) is 154 Å². The monoisotopic (exact) mass is 1180 g/mol. The molecule has 0 fully saturated rings. The maximum Gasteiger partial charge on any atom is 0.293 e. The zero-order valence-corrected chi connectivity index (χ0v) is 51.5. The molecule has 5 aliphatic rings. The lowest BCUT2D eigenvalue weighted by Gasteiger charge is -2.27. The average Bonchev–Trinajstić information content (AvgIpc) is 1.58. The molecule has 0 radical (unpaired) electrons. The molecule has 8 aromatic carbocycles. The number of amidine groups is 7. The minimum Gasteiger partial charge on any atom is -0.492 e. The van der Waals surface area contributed by atoms with Gasteiger partial charge in [-0.25, -0.2) is 34.9 Å². The molecule has 5 aliphatic heterocycles. The summed E-state index contributed by atoms with van der Waals surface area (Å²) in [6, 6.07) is 37.0. The van der Waals surface area contributed by atoms with Crippen LogP contribution in [-0.2, 0) is 15.4 Å². The summed E-state index contributed by atoms with van der Waals surface area (Å²) in [5.41, 5.74) is 4.96. The fourth-order valence-electron chi connectivity index (χ4n) is 12.1. The van der Waals surface area contributed by atoms with Gasteiger partial charge in [0.05, 0.1) is 86.2 Å². The summed E-state index contributed by atoms with van der Waals surface area (Å²) < 4.78 is 49.5. The lowest BCUT2D eigenvalue weighted by atomic mass is 9.95. The van der Waals surface area contributed by atoms with Crippen LogP contribution in [0.2, 0.25) is 0 Å². The van der Waals surface area contributed by atoms with E-state index in [0.717, 1.165) is 75.2 Å². The van der Waals surface area contributed by atoms with Crippen molar-refractivity contribution in [2.45, 2.75) is 113 Å². The molecule has 1 unspecified atom stereocenters. The van der Waals surface area contributed by atoms with Crippen molar-refractivity contribution in [3.63, 3.8) is 0 Å². The number of fused-ring (bicyclic) bond motifs is 20. The second-order valence-corrected chi connectivity index (χ2v) is 22.3. The standard InChI is InChI=1S/C72H74N8O8/c1-9-33-81-59-45-27-19-17-25-43(45)41-51-53(59)68-74-65(51)73-66-52-42-44-26-18-20-28-46(44)60(82-34-10-2)54(52)70(76-66)80(88-40-16-8)71-56-55(61(83-35-11-3)47-29-21-22-30-48(47)62(56)84-36-12-4)67(77-71)75-69-57-58(72(78-68,79-69)87-39-15-7)64(86-38-14-6)50-32-24-23-31-49(50)63(57)85-37-13-5/h17-32,41-42H,9-16,33-40H2,1-8H3. The Bertz CT molecular complexity index is 4310. The Hall–Kier alpha value is -8.99. The first-order chi connectivity index (χ1) is 43.3. The first kappa shape index (κ1) is 58.1. The normalized spacial score (nSPS) is 16.1. The van der Waals surface area contributed by atoms with Crippen LogP contribution in [-0.4, -0.2) is 98.8 Å². The van der Waals surface area contributed by atoms with E-state index in [0.29, 0.717) is 161 Å². The molecule has 450 valence electrons. The fourth-order valence-corrected chi connectivity index (χ4v) is 12.1. The van der Waals surface area contributed by atoms with E-state index in [2.05, 4.69) is 116 Å². The van der Waals surface area contributed by atoms with E-state index in [9.17, 15) is 0 Å². The second-order valence-electron chi connectivity index (χ2n) is 22.3. The summed E-state index contributed by atoms with van der Waals surface area (Å²) in [5, 5.41) is 8.68. The van der Waals surface area contributed by atoms with Gasteiger partial charge >= 0.3 is 0 Å². The van der Waals surface area contributed by atoms with Crippen LogP contribution in [0.1, 0.15) is 151 Å². The number of benzene rings is 8. The molecule has 0 spiro atoms. The van der Waals surface area contributed by atoms with Gasteiger partial charge in [0.25, 0.3) is 5.85 Å². The van der Waals surface area contributed by atoms with E-state index in [4.69, 9.17) is 72.9 Å². The molecule has 0 saturated heterocycles. The fraction of sp³-hybridized carbons (Fsp3) is 0.347. The summed E-state index contributed by atoms with van der Waals surface area (Å²) in [4.78, 5) is 47.2. The van der Waals surface area contributed by atoms with E-state index >= 15 is 0 Å². The van der Waals surface area contributed by atoms with Crippen LogP contribution in [0.25, 0.3) is 43.1 Å². The Balaban J connectivity index is 1.25. The van der Waals surface area contributed by atoms with Gasteiger partial charge in [-0.05, 0) is 74.3 Å². The highest BCUT2D eigenvalue weighted by Gasteiger charge is 2.50. The molecule has 8 bridgehead atoms. The summed E-state index contributed by atoms with van der Waals surface area (Å²) in [7, 11) is 0. The highest BCUT2D eigenvalue weighted by Crippen LogP contribution is 2.54. The van der Waals surface area contributed by atoms with Crippen LogP contribution >= 0.6 is 0 Å². The van der Waals surface area contributed by atoms with E-state index in [1.54, 1.807) is 5.06 Å². The van der Waals surface area contributed by atoms with Crippen molar-refractivity contribution in [3.8, 4) is 34.5 Å². The summed E-state index contributed by atoms with van der Waals surface area (Å²) in [6.45, 7) is 19.7. The number of ether oxygens (including phenoxy) is 7. The summed E-state index contributed by atoms with van der Waals surface area (Å²) >= 11 is 0. The van der Waals surface area contributed by atoms with Crippen LogP contribution < -0.4 is 28.4 Å². The lowest BCUT2D eigenvalue weighted by molar-refractivity contribution is -0.0400. The maximum atomic E-state index is 7.36. The molecular weight excluding hydrogens is 1100 g/mol. The molecule has 16 heteroatoms. The van der Waals surface area contributed by atoms with Crippen molar-refractivity contribution >= 4 is 83.9 Å². The minimum atomic E-state index is -1.91. The Morgan fingerprint density at radius 1 is 0.330 bits per heavy atom. The Morgan fingerprint density at radius 3 is 1.22 bits per heavy atom. The van der Waals surface area contributed by atoms with Crippen LogP contribution in [0.4, 0.5) is 0 Å². The molecule has 0 amide bonds. The Morgan fingerprint density at radius 2 is 0.693 bits per heavy atom. The van der Waals surface area contributed by atoms with Gasteiger partial charge < -0.3 is 33.2 Å². The molecule has 0 aromatic heterocycles. The van der Waals surface area contributed by atoms with Crippen LogP contribution in [0.3, 0.4) is 0 Å². The SMILES string of the molecule is CCCOc1c2c(cc3ccccc13)C1=NC2=NC2(OCCC)N=C(N=C3N=C(c4c3c(OCCC)c3ccccc3c4OCCC)N(OCCC)C3=NC(=N1)c1cc4ccccc4c(OCCC)c13)c1c2c(OCCC)c2ccccc2c1OCCC. The molecule has 0 N–H and O–H groups in total. The van der Waals surface area contributed by atoms with Crippen LogP contribution in [0, 0.1) is 0 Å². The molecule has 88 heavy (non-hydrogen) atoms. The Kier molecular flexibility index (Phi) is 16.5. The molecule has 0 aliphatic carbocycles. The third-order valence-corrected chi connectivity index (χ3v) is 15.8. The quantitative estimate of drug-likeness (QED) is 0.0573. The molecule has 1 atom stereocenters. The number of rotatable bonds is 24. The average molecular weight is 1180 g/mol.